The molecule has 3 amide bonds. The molecule has 0 bridgehead atoms. The lowest BCUT2D eigenvalue weighted by Crippen LogP contribution is -2.31. The third kappa shape index (κ3) is 5.42. The van der Waals surface area contributed by atoms with E-state index in [-0.39, 0.29) is 24.9 Å². The molecule has 0 spiro atoms. The van der Waals surface area contributed by atoms with Crippen molar-refractivity contribution in [2.75, 3.05) is 24.3 Å². The molecule has 0 atom stereocenters. The van der Waals surface area contributed by atoms with Gasteiger partial charge in [0, 0.05) is 30.1 Å². The Kier molecular flexibility index (Phi) is 6.34. The molecule has 9 nitrogen and oxygen atoms in total. The Morgan fingerprint density at radius 1 is 1.12 bits per heavy atom. The van der Waals surface area contributed by atoms with Crippen LogP contribution in [0, 0.1) is 6.92 Å². The first-order valence-corrected chi connectivity index (χ1v) is 10.5. The van der Waals surface area contributed by atoms with E-state index in [1.807, 2.05) is 25.1 Å². The predicted octanol–water partition coefficient (Wildman–Crippen LogP) is 3.82. The number of carbonyl (C=O) groups is 2. The molecule has 32 heavy (non-hydrogen) atoms. The molecule has 0 saturated heterocycles. The van der Waals surface area contributed by atoms with Gasteiger partial charge in [-0.2, -0.15) is 5.10 Å². The molecule has 0 aliphatic heterocycles. The molecule has 4 rings (SSSR count). The van der Waals surface area contributed by atoms with E-state index in [9.17, 15) is 9.59 Å². The van der Waals surface area contributed by atoms with Gasteiger partial charge in [0.1, 0.15) is 11.6 Å². The highest BCUT2D eigenvalue weighted by atomic mass is 16.5. The Morgan fingerprint density at radius 2 is 1.91 bits per heavy atom. The van der Waals surface area contributed by atoms with Gasteiger partial charge in [-0.1, -0.05) is 11.6 Å². The Hall–Kier alpha value is -3.88. The third-order valence-electron chi connectivity index (χ3n) is 5.14. The van der Waals surface area contributed by atoms with Crippen molar-refractivity contribution in [3.63, 3.8) is 0 Å². The van der Waals surface area contributed by atoms with Crippen LogP contribution in [0.4, 0.5) is 16.2 Å². The van der Waals surface area contributed by atoms with E-state index in [0.717, 1.165) is 29.8 Å². The molecule has 0 radical (unpaired) electrons. The second kappa shape index (κ2) is 9.51. The number of carbonyl (C=O) groups excluding carboxylic acids is 2. The van der Waals surface area contributed by atoms with E-state index in [1.54, 1.807) is 31.4 Å². The smallest absolute Gasteiger partial charge is 0.319 e. The summed E-state index contributed by atoms with van der Waals surface area (Å²) >= 11 is 0. The Morgan fingerprint density at radius 3 is 2.62 bits per heavy atom. The summed E-state index contributed by atoms with van der Waals surface area (Å²) in [6, 6.07) is 12.3. The average Bonchev–Trinajstić information content (AvgIpc) is 3.52. The minimum atomic E-state index is -0.382. The number of methoxy groups -OCH3 is 1. The van der Waals surface area contributed by atoms with Crippen molar-refractivity contribution in [3.8, 4) is 17.1 Å². The van der Waals surface area contributed by atoms with E-state index >= 15 is 0 Å². The van der Waals surface area contributed by atoms with Gasteiger partial charge >= 0.3 is 6.03 Å². The quantitative estimate of drug-likeness (QED) is 0.429. The van der Waals surface area contributed by atoms with Gasteiger partial charge in [0.25, 0.3) is 0 Å². The highest BCUT2D eigenvalue weighted by molar-refractivity contribution is 5.95. The SMILES string of the molecule is COc1ccc(NC(=O)NCCC(=O)Nc2ccc(C)cc2-c2n[nH]c(C3CC3)n2)cc1. The molecular weight excluding hydrogens is 408 g/mol. The molecule has 3 aromatic rings. The highest BCUT2D eigenvalue weighted by Gasteiger charge is 2.27. The number of rotatable bonds is 8. The number of aromatic amines is 1. The maximum Gasteiger partial charge on any atom is 0.319 e. The predicted molar refractivity (Wildman–Crippen MR) is 122 cm³/mol. The maximum atomic E-state index is 12.5. The summed E-state index contributed by atoms with van der Waals surface area (Å²) in [6.07, 6.45) is 2.39. The molecule has 1 aromatic heterocycles. The van der Waals surface area contributed by atoms with E-state index in [0.29, 0.717) is 28.9 Å². The number of H-pyrrole nitrogens is 1. The molecule has 0 unspecified atom stereocenters. The Bertz CT molecular complexity index is 1110. The molecular formula is C23H26N6O3. The van der Waals surface area contributed by atoms with Gasteiger partial charge in [-0.15, -0.1) is 0 Å². The highest BCUT2D eigenvalue weighted by Crippen LogP contribution is 2.39. The van der Waals surface area contributed by atoms with Crippen LogP contribution in [-0.2, 0) is 4.79 Å². The third-order valence-corrected chi connectivity index (χ3v) is 5.14. The molecule has 1 aliphatic rings. The summed E-state index contributed by atoms with van der Waals surface area (Å²) in [5.41, 5.74) is 3.10. The van der Waals surface area contributed by atoms with Crippen LogP contribution in [0.25, 0.3) is 11.4 Å². The number of aryl methyl sites for hydroxylation is 1. The lowest BCUT2D eigenvalue weighted by atomic mass is 10.1. The number of nitrogens with zero attached hydrogens (tertiary/aromatic N) is 2. The van der Waals surface area contributed by atoms with Gasteiger partial charge in [0.15, 0.2) is 5.82 Å². The first-order chi connectivity index (χ1) is 15.5. The number of ether oxygens (including phenoxy) is 1. The number of hydrogen-bond acceptors (Lipinski definition) is 5. The van der Waals surface area contributed by atoms with Crippen molar-refractivity contribution in [2.24, 2.45) is 0 Å². The van der Waals surface area contributed by atoms with E-state index in [1.165, 1.54) is 0 Å². The fraction of sp³-hybridized carbons (Fsp3) is 0.304. The summed E-state index contributed by atoms with van der Waals surface area (Å²) in [5.74, 6) is 2.43. The second-order valence-electron chi connectivity index (χ2n) is 7.78. The molecule has 4 N–H and O–H groups in total. The first kappa shape index (κ1) is 21.4. The summed E-state index contributed by atoms with van der Waals surface area (Å²) in [4.78, 5) is 29.1. The standard InChI is InChI=1S/C23H26N6O3/c1-14-3-10-19(18(13-14)22-27-21(28-29-22)15-4-5-15)26-20(30)11-12-24-23(31)25-16-6-8-17(32-2)9-7-16/h3,6-10,13,15H,4-5,11-12H2,1-2H3,(H,26,30)(H2,24,25,31)(H,27,28,29). The fourth-order valence-corrected chi connectivity index (χ4v) is 3.24. The van der Waals surface area contributed by atoms with Crippen molar-refractivity contribution in [1.29, 1.82) is 0 Å². The fourth-order valence-electron chi connectivity index (χ4n) is 3.24. The number of amides is 3. The molecule has 2 aromatic carbocycles. The number of benzene rings is 2. The van der Waals surface area contributed by atoms with Crippen molar-refractivity contribution in [1.82, 2.24) is 20.5 Å². The average molecular weight is 435 g/mol. The lowest BCUT2D eigenvalue weighted by molar-refractivity contribution is -0.116. The number of anilines is 2. The van der Waals surface area contributed by atoms with Gasteiger partial charge in [-0.25, -0.2) is 9.78 Å². The second-order valence-corrected chi connectivity index (χ2v) is 7.78. The van der Waals surface area contributed by atoms with Crippen LogP contribution in [-0.4, -0.2) is 40.8 Å². The minimum absolute atomic E-state index is 0.130. The zero-order chi connectivity index (χ0) is 22.5. The van der Waals surface area contributed by atoms with Crippen molar-refractivity contribution < 1.29 is 14.3 Å². The first-order valence-electron chi connectivity index (χ1n) is 10.5. The van der Waals surface area contributed by atoms with Crippen LogP contribution < -0.4 is 20.7 Å². The summed E-state index contributed by atoms with van der Waals surface area (Å²) in [6.45, 7) is 2.18. The van der Waals surface area contributed by atoms with Crippen LogP contribution in [0.1, 0.15) is 36.6 Å². The van der Waals surface area contributed by atoms with Crippen LogP contribution in [0.3, 0.4) is 0 Å². The van der Waals surface area contributed by atoms with Crippen LogP contribution in [0.5, 0.6) is 5.75 Å². The summed E-state index contributed by atoms with van der Waals surface area (Å²) in [5, 5.41) is 15.6. The number of aromatic nitrogens is 3. The molecule has 166 valence electrons. The lowest BCUT2D eigenvalue weighted by Gasteiger charge is -2.11. The normalized spacial score (nSPS) is 12.8. The monoisotopic (exact) mass is 434 g/mol. The maximum absolute atomic E-state index is 12.5. The molecule has 1 saturated carbocycles. The van der Waals surface area contributed by atoms with Crippen LogP contribution in [0.15, 0.2) is 42.5 Å². The molecule has 1 aliphatic carbocycles. The summed E-state index contributed by atoms with van der Waals surface area (Å²) in [7, 11) is 1.58. The van der Waals surface area contributed by atoms with Crippen LogP contribution in [0.2, 0.25) is 0 Å². The van der Waals surface area contributed by atoms with Crippen LogP contribution >= 0.6 is 0 Å². The van der Waals surface area contributed by atoms with E-state index in [4.69, 9.17) is 4.74 Å². The van der Waals surface area contributed by atoms with Gasteiger partial charge in [-0.3, -0.25) is 9.89 Å². The molecule has 1 heterocycles. The summed E-state index contributed by atoms with van der Waals surface area (Å²) < 4.78 is 5.09. The number of hydrogen-bond donors (Lipinski definition) is 4. The largest absolute Gasteiger partial charge is 0.497 e. The van der Waals surface area contributed by atoms with Gasteiger partial charge < -0.3 is 20.7 Å². The van der Waals surface area contributed by atoms with E-state index in [2.05, 4.69) is 31.1 Å². The molecule has 1 fully saturated rings. The van der Waals surface area contributed by atoms with Crippen molar-refractivity contribution in [3.05, 3.63) is 53.9 Å². The van der Waals surface area contributed by atoms with Gasteiger partial charge in [-0.05, 0) is 56.2 Å². The Labute approximate surface area is 186 Å². The molecule has 9 heteroatoms. The minimum Gasteiger partial charge on any atom is -0.497 e. The van der Waals surface area contributed by atoms with Crippen molar-refractivity contribution in [2.45, 2.75) is 32.1 Å². The topological polar surface area (TPSA) is 121 Å². The van der Waals surface area contributed by atoms with Gasteiger partial charge in [0.05, 0.1) is 12.8 Å². The number of urea groups is 1. The number of nitrogens with one attached hydrogen (secondary N) is 4. The Balaban J connectivity index is 1.30. The van der Waals surface area contributed by atoms with Gasteiger partial charge in [0.2, 0.25) is 5.91 Å². The zero-order valence-electron chi connectivity index (χ0n) is 18.1. The van der Waals surface area contributed by atoms with E-state index < -0.39 is 0 Å². The zero-order valence-corrected chi connectivity index (χ0v) is 18.1. The van der Waals surface area contributed by atoms with Crippen molar-refractivity contribution >= 4 is 23.3 Å².